The van der Waals surface area contributed by atoms with Gasteiger partial charge in [-0.1, -0.05) is 78.7 Å². The molecule has 0 heterocycles. The highest BCUT2D eigenvalue weighted by Crippen LogP contribution is 2.28. The van der Waals surface area contributed by atoms with Crippen LogP contribution in [0.5, 0.6) is 0 Å². The van der Waals surface area contributed by atoms with Crippen molar-refractivity contribution in [2.45, 2.75) is 65.1 Å². The monoisotopic (exact) mass is 631 g/mol. The zero-order chi connectivity index (χ0) is 30.9. The number of halogens is 2. The Labute approximate surface area is 259 Å². The number of carbonyl (C=O) groups excluding carboxylic acids is 2. The van der Waals surface area contributed by atoms with Crippen LogP contribution in [0.3, 0.4) is 0 Å². The number of anilines is 1. The summed E-state index contributed by atoms with van der Waals surface area (Å²) in [7, 11) is -3.64. The van der Waals surface area contributed by atoms with Gasteiger partial charge in [0.2, 0.25) is 21.8 Å². The molecule has 7 nitrogen and oxygen atoms in total. The van der Waals surface area contributed by atoms with E-state index in [9.17, 15) is 18.0 Å². The van der Waals surface area contributed by atoms with Crippen molar-refractivity contribution in [2.24, 2.45) is 0 Å². The third-order valence-electron chi connectivity index (χ3n) is 7.17. The van der Waals surface area contributed by atoms with Crippen molar-refractivity contribution in [2.75, 3.05) is 17.1 Å². The fraction of sp³-hybridized carbons (Fsp3) is 0.375. The van der Waals surface area contributed by atoms with Gasteiger partial charge in [0.25, 0.3) is 0 Å². The summed E-state index contributed by atoms with van der Waals surface area (Å²) in [6, 6.07) is 21.0. The summed E-state index contributed by atoms with van der Waals surface area (Å²) in [4.78, 5) is 29.2. The maximum atomic E-state index is 13.9. The van der Waals surface area contributed by atoms with Gasteiger partial charge in [0.05, 0.1) is 11.9 Å². The average Bonchev–Trinajstić information content (AvgIpc) is 2.94. The molecular weight excluding hydrogens is 593 g/mol. The summed E-state index contributed by atoms with van der Waals surface area (Å²) in [5.74, 6) is -0.498. The SMILES string of the molecule is CCC(C)NC(=O)C(Cc1ccccc1)N(Cc1cccc(Cl)c1)C(=O)CCCN(c1cccc(Cl)c1C)S(C)(=O)=O. The van der Waals surface area contributed by atoms with Gasteiger partial charge in [-0.05, 0) is 67.6 Å². The van der Waals surface area contributed by atoms with E-state index in [1.54, 1.807) is 42.2 Å². The lowest BCUT2D eigenvalue weighted by molar-refractivity contribution is -0.141. The normalized spacial score (nSPS) is 12.8. The Morgan fingerprint density at radius 2 is 1.62 bits per heavy atom. The summed E-state index contributed by atoms with van der Waals surface area (Å²) in [5.41, 5.74) is 2.83. The highest BCUT2D eigenvalue weighted by atomic mass is 35.5. The quantitative estimate of drug-likeness (QED) is 0.223. The van der Waals surface area contributed by atoms with E-state index in [4.69, 9.17) is 23.2 Å². The van der Waals surface area contributed by atoms with Crippen LogP contribution in [0.4, 0.5) is 5.69 Å². The molecule has 3 aromatic carbocycles. The maximum Gasteiger partial charge on any atom is 0.243 e. The number of hydrogen-bond donors (Lipinski definition) is 1. The average molecular weight is 633 g/mol. The zero-order valence-electron chi connectivity index (χ0n) is 24.5. The van der Waals surface area contributed by atoms with Crippen molar-refractivity contribution in [3.8, 4) is 0 Å². The number of hydrogen-bond acceptors (Lipinski definition) is 4. The molecule has 2 amide bonds. The van der Waals surface area contributed by atoms with E-state index in [0.717, 1.165) is 23.8 Å². The van der Waals surface area contributed by atoms with Gasteiger partial charge in [-0.15, -0.1) is 0 Å². The molecule has 0 saturated heterocycles. The molecular formula is C32H39Cl2N3O4S. The predicted molar refractivity (Wildman–Crippen MR) is 171 cm³/mol. The molecule has 1 N–H and O–H groups in total. The fourth-order valence-corrected chi connectivity index (χ4v) is 6.07. The highest BCUT2D eigenvalue weighted by molar-refractivity contribution is 7.92. The van der Waals surface area contributed by atoms with Crippen LogP contribution in [0, 0.1) is 6.92 Å². The van der Waals surface area contributed by atoms with Crippen LogP contribution < -0.4 is 9.62 Å². The number of carbonyl (C=O) groups is 2. The Morgan fingerprint density at radius 1 is 0.952 bits per heavy atom. The number of sulfonamides is 1. The molecule has 0 bridgehead atoms. The summed E-state index contributed by atoms with van der Waals surface area (Å²) >= 11 is 12.5. The van der Waals surface area contributed by atoms with Gasteiger partial charge >= 0.3 is 0 Å². The lowest BCUT2D eigenvalue weighted by Gasteiger charge is -2.33. The number of benzene rings is 3. The van der Waals surface area contributed by atoms with Crippen LogP contribution in [0.2, 0.25) is 10.0 Å². The van der Waals surface area contributed by atoms with Crippen molar-refractivity contribution in [3.05, 3.63) is 99.5 Å². The first-order valence-electron chi connectivity index (χ1n) is 14.0. The molecule has 10 heteroatoms. The van der Waals surface area contributed by atoms with E-state index in [0.29, 0.717) is 27.7 Å². The van der Waals surface area contributed by atoms with E-state index in [-0.39, 0.29) is 43.8 Å². The second-order valence-corrected chi connectivity index (χ2v) is 13.2. The van der Waals surface area contributed by atoms with Crippen molar-refractivity contribution < 1.29 is 18.0 Å². The van der Waals surface area contributed by atoms with Crippen LogP contribution in [0.1, 0.15) is 49.8 Å². The molecule has 42 heavy (non-hydrogen) atoms. The number of nitrogens with zero attached hydrogens (tertiary/aromatic N) is 2. The molecule has 0 fully saturated rings. The fourth-order valence-electron chi connectivity index (χ4n) is 4.68. The molecule has 2 atom stereocenters. The summed E-state index contributed by atoms with van der Waals surface area (Å²) in [6.07, 6.45) is 2.49. The molecule has 0 saturated carbocycles. The first-order chi connectivity index (χ1) is 19.9. The van der Waals surface area contributed by atoms with Gasteiger partial charge < -0.3 is 10.2 Å². The third-order valence-corrected chi connectivity index (χ3v) is 9.00. The first-order valence-corrected chi connectivity index (χ1v) is 16.6. The predicted octanol–water partition coefficient (Wildman–Crippen LogP) is 6.40. The van der Waals surface area contributed by atoms with Crippen molar-refractivity contribution in [1.82, 2.24) is 10.2 Å². The van der Waals surface area contributed by atoms with Gasteiger partial charge in [-0.3, -0.25) is 13.9 Å². The van der Waals surface area contributed by atoms with E-state index >= 15 is 0 Å². The van der Waals surface area contributed by atoms with Gasteiger partial charge in [0.1, 0.15) is 6.04 Å². The molecule has 0 spiro atoms. The minimum Gasteiger partial charge on any atom is -0.352 e. The third kappa shape index (κ3) is 9.48. The molecule has 2 unspecified atom stereocenters. The molecule has 3 aromatic rings. The second-order valence-electron chi connectivity index (χ2n) is 10.5. The minimum atomic E-state index is -3.64. The second kappa shape index (κ2) is 15.4. The number of nitrogens with one attached hydrogen (secondary N) is 1. The van der Waals surface area contributed by atoms with Crippen molar-refractivity contribution in [1.29, 1.82) is 0 Å². The van der Waals surface area contributed by atoms with Gasteiger partial charge in [-0.25, -0.2) is 8.42 Å². The smallest absolute Gasteiger partial charge is 0.243 e. The van der Waals surface area contributed by atoms with Crippen LogP contribution in [-0.4, -0.2) is 50.0 Å². The Kier molecular flexibility index (Phi) is 12.3. The molecule has 0 radical (unpaired) electrons. The molecule has 0 aliphatic carbocycles. The van der Waals surface area contributed by atoms with E-state index in [1.165, 1.54) is 4.31 Å². The summed E-state index contributed by atoms with van der Waals surface area (Å²) in [6.45, 7) is 5.93. The maximum absolute atomic E-state index is 13.9. The molecule has 0 aromatic heterocycles. The van der Waals surface area contributed by atoms with Crippen LogP contribution in [0.15, 0.2) is 72.8 Å². The first kappa shape index (κ1) is 33.4. The summed E-state index contributed by atoms with van der Waals surface area (Å²) < 4.78 is 26.7. The van der Waals surface area contributed by atoms with Crippen LogP contribution >= 0.6 is 23.2 Å². The van der Waals surface area contributed by atoms with Gasteiger partial charge in [0.15, 0.2) is 0 Å². The Balaban J connectivity index is 1.91. The zero-order valence-corrected chi connectivity index (χ0v) is 26.8. The van der Waals surface area contributed by atoms with Crippen molar-refractivity contribution in [3.63, 3.8) is 0 Å². The Bertz CT molecular complexity index is 1470. The lowest BCUT2D eigenvalue weighted by Crippen LogP contribution is -2.52. The standard InChI is InChI=1S/C32H39Cl2N3O4S/c1-5-23(2)35-32(39)30(21-25-12-7-6-8-13-25)36(22-26-14-9-15-27(33)20-26)31(38)18-11-19-37(42(4,40)41)29-17-10-16-28(34)24(29)3/h6-10,12-17,20,23,30H,5,11,18-19,21-22H2,1-4H3,(H,35,39). The molecule has 3 rings (SSSR count). The van der Waals surface area contributed by atoms with E-state index in [1.807, 2.05) is 56.3 Å². The van der Waals surface area contributed by atoms with E-state index < -0.39 is 16.1 Å². The largest absolute Gasteiger partial charge is 0.352 e. The minimum absolute atomic E-state index is 0.0358. The summed E-state index contributed by atoms with van der Waals surface area (Å²) in [5, 5.41) is 4.04. The van der Waals surface area contributed by atoms with Crippen LogP contribution in [-0.2, 0) is 32.6 Å². The molecule has 226 valence electrons. The number of rotatable bonds is 14. The lowest BCUT2D eigenvalue weighted by atomic mass is 10.0. The topological polar surface area (TPSA) is 86.8 Å². The highest BCUT2D eigenvalue weighted by Gasteiger charge is 2.31. The Hall–Kier alpha value is -3.07. The molecule has 0 aliphatic rings. The van der Waals surface area contributed by atoms with Crippen LogP contribution in [0.25, 0.3) is 0 Å². The van der Waals surface area contributed by atoms with E-state index in [2.05, 4.69) is 5.32 Å². The number of amides is 2. The Morgan fingerprint density at radius 3 is 2.26 bits per heavy atom. The van der Waals surface area contributed by atoms with Gasteiger partial charge in [-0.2, -0.15) is 0 Å². The molecule has 0 aliphatic heterocycles. The van der Waals surface area contributed by atoms with Crippen molar-refractivity contribution >= 4 is 50.7 Å². The van der Waals surface area contributed by atoms with Gasteiger partial charge in [0, 0.05) is 42.0 Å².